The van der Waals surface area contributed by atoms with Gasteiger partial charge < -0.3 is 15.4 Å². The molecule has 110 valence electrons. The first-order chi connectivity index (χ1) is 9.61. The third-order valence-electron chi connectivity index (χ3n) is 4.50. The highest BCUT2D eigenvalue weighted by Crippen LogP contribution is 2.37. The van der Waals surface area contributed by atoms with E-state index in [4.69, 9.17) is 10.5 Å². The van der Waals surface area contributed by atoms with Crippen molar-refractivity contribution in [1.82, 2.24) is 4.90 Å². The molecule has 1 fully saturated rings. The molecule has 2 aliphatic rings. The third-order valence-corrected chi connectivity index (χ3v) is 5.36. The molecule has 1 spiro atoms. The van der Waals surface area contributed by atoms with E-state index in [0.29, 0.717) is 18.0 Å². The second kappa shape index (κ2) is 5.37. The van der Waals surface area contributed by atoms with E-state index in [1.807, 2.05) is 0 Å². The molecule has 1 aromatic rings. The molecule has 3 heterocycles. The Kier molecular flexibility index (Phi) is 3.73. The summed E-state index contributed by atoms with van der Waals surface area (Å²) in [6.45, 7) is 6.96. The number of rotatable bonds is 3. The second-order valence-corrected chi connectivity index (χ2v) is 7.20. The van der Waals surface area contributed by atoms with Crippen molar-refractivity contribution in [3.05, 3.63) is 22.4 Å². The normalized spacial score (nSPS) is 30.2. The van der Waals surface area contributed by atoms with Gasteiger partial charge >= 0.3 is 0 Å². The number of nitrogens with two attached hydrogens (primary N) is 1. The highest BCUT2D eigenvalue weighted by atomic mass is 32.1. The van der Waals surface area contributed by atoms with Crippen LogP contribution in [0.3, 0.4) is 0 Å². The highest BCUT2D eigenvalue weighted by molar-refractivity contribution is 7.09. The summed E-state index contributed by atoms with van der Waals surface area (Å²) >= 11 is 1.78. The van der Waals surface area contributed by atoms with Crippen molar-refractivity contribution >= 4 is 17.3 Å². The third kappa shape index (κ3) is 2.44. The van der Waals surface area contributed by atoms with Gasteiger partial charge in [-0.3, -0.25) is 4.99 Å². The first-order valence-electron chi connectivity index (χ1n) is 7.32. The second-order valence-electron chi connectivity index (χ2n) is 6.17. The van der Waals surface area contributed by atoms with Crippen molar-refractivity contribution < 1.29 is 4.74 Å². The number of hydrogen-bond donors (Lipinski definition) is 1. The molecular formula is C15H23N3OS. The average Bonchev–Trinajstić information content (AvgIpc) is 3.04. The summed E-state index contributed by atoms with van der Waals surface area (Å²) in [5, 5.41) is 2.12. The summed E-state index contributed by atoms with van der Waals surface area (Å²) in [4.78, 5) is 8.20. The number of aliphatic imine (C=N–C) groups is 1. The van der Waals surface area contributed by atoms with Crippen molar-refractivity contribution in [2.24, 2.45) is 16.6 Å². The van der Waals surface area contributed by atoms with Crippen LogP contribution in [-0.4, -0.2) is 35.7 Å². The Morgan fingerprint density at radius 2 is 2.45 bits per heavy atom. The Morgan fingerprint density at radius 1 is 1.60 bits per heavy atom. The average molecular weight is 293 g/mol. The predicted octanol–water partition coefficient (Wildman–Crippen LogP) is 2.45. The van der Waals surface area contributed by atoms with Crippen LogP contribution in [0.15, 0.2) is 22.5 Å². The smallest absolute Gasteiger partial charge is 0.192 e. The minimum Gasteiger partial charge on any atom is -0.378 e. The maximum Gasteiger partial charge on any atom is 0.192 e. The SMILES string of the molecule is CC(C)C1CC2(CCO1)CN=C(N)N2Cc1cccs1. The molecule has 2 aliphatic heterocycles. The quantitative estimate of drug-likeness (QED) is 0.931. The van der Waals surface area contributed by atoms with Crippen LogP contribution in [0.5, 0.6) is 0 Å². The van der Waals surface area contributed by atoms with Crippen LogP contribution in [-0.2, 0) is 11.3 Å². The highest BCUT2D eigenvalue weighted by Gasteiger charge is 2.46. The Balaban J connectivity index is 1.80. The molecule has 0 amide bonds. The first-order valence-corrected chi connectivity index (χ1v) is 8.20. The molecular weight excluding hydrogens is 270 g/mol. The van der Waals surface area contributed by atoms with Gasteiger partial charge in [-0.15, -0.1) is 11.3 Å². The number of ether oxygens (including phenoxy) is 1. The lowest BCUT2D eigenvalue weighted by molar-refractivity contribution is -0.0685. The summed E-state index contributed by atoms with van der Waals surface area (Å²) in [6, 6.07) is 4.26. The van der Waals surface area contributed by atoms with Crippen LogP contribution < -0.4 is 5.73 Å². The van der Waals surface area contributed by atoms with Crippen molar-refractivity contribution in [2.45, 2.75) is 44.9 Å². The van der Waals surface area contributed by atoms with Crippen molar-refractivity contribution in [3.63, 3.8) is 0 Å². The monoisotopic (exact) mass is 293 g/mol. The first kappa shape index (κ1) is 13.9. The Hall–Kier alpha value is -1.07. The fraction of sp³-hybridized carbons (Fsp3) is 0.667. The van der Waals surface area contributed by atoms with E-state index in [1.54, 1.807) is 11.3 Å². The van der Waals surface area contributed by atoms with Gasteiger partial charge in [0.2, 0.25) is 0 Å². The number of thiophene rings is 1. The lowest BCUT2D eigenvalue weighted by Gasteiger charge is -2.45. The lowest BCUT2D eigenvalue weighted by atomic mass is 9.82. The van der Waals surface area contributed by atoms with Gasteiger partial charge in [0.25, 0.3) is 0 Å². The molecule has 0 radical (unpaired) electrons. The van der Waals surface area contributed by atoms with Gasteiger partial charge in [-0.2, -0.15) is 0 Å². The van der Waals surface area contributed by atoms with Gasteiger partial charge in [-0.25, -0.2) is 0 Å². The molecule has 0 saturated carbocycles. The fourth-order valence-electron chi connectivity index (χ4n) is 3.20. The zero-order valence-corrected chi connectivity index (χ0v) is 13.0. The topological polar surface area (TPSA) is 50.9 Å². The van der Waals surface area contributed by atoms with Gasteiger partial charge in [0.1, 0.15) is 0 Å². The van der Waals surface area contributed by atoms with Crippen LogP contribution in [0, 0.1) is 5.92 Å². The van der Waals surface area contributed by atoms with E-state index in [0.717, 1.165) is 32.5 Å². The van der Waals surface area contributed by atoms with Crippen LogP contribution in [0.4, 0.5) is 0 Å². The van der Waals surface area contributed by atoms with Gasteiger partial charge in [-0.05, 0) is 30.2 Å². The molecule has 2 atom stereocenters. The summed E-state index contributed by atoms with van der Waals surface area (Å²) in [5.74, 6) is 1.24. The molecule has 3 rings (SSSR count). The van der Waals surface area contributed by atoms with Gasteiger partial charge in [0.05, 0.1) is 24.7 Å². The molecule has 0 aliphatic carbocycles. The fourth-order valence-corrected chi connectivity index (χ4v) is 3.89. The Labute approximate surface area is 124 Å². The van der Waals surface area contributed by atoms with E-state index < -0.39 is 0 Å². The van der Waals surface area contributed by atoms with E-state index in [1.165, 1.54) is 4.88 Å². The molecule has 4 nitrogen and oxygen atoms in total. The van der Waals surface area contributed by atoms with Gasteiger partial charge in [-0.1, -0.05) is 19.9 Å². The molecule has 2 N–H and O–H groups in total. The van der Waals surface area contributed by atoms with Crippen molar-refractivity contribution in [3.8, 4) is 0 Å². The van der Waals surface area contributed by atoms with Crippen LogP contribution in [0.2, 0.25) is 0 Å². The summed E-state index contributed by atoms with van der Waals surface area (Å²) in [7, 11) is 0. The molecule has 2 unspecified atom stereocenters. The van der Waals surface area contributed by atoms with Crippen LogP contribution >= 0.6 is 11.3 Å². The maximum atomic E-state index is 6.16. The summed E-state index contributed by atoms with van der Waals surface area (Å²) < 4.78 is 5.93. The van der Waals surface area contributed by atoms with Gasteiger partial charge in [0.15, 0.2) is 5.96 Å². The van der Waals surface area contributed by atoms with Crippen LogP contribution in [0.25, 0.3) is 0 Å². The van der Waals surface area contributed by atoms with E-state index in [9.17, 15) is 0 Å². The maximum absolute atomic E-state index is 6.16. The molecule has 1 aromatic heterocycles. The Morgan fingerprint density at radius 3 is 3.15 bits per heavy atom. The van der Waals surface area contributed by atoms with Crippen LogP contribution in [0.1, 0.15) is 31.6 Å². The van der Waals surface area contributed by atoms with E-state index in [-0.39, 0.29) is 5.54 Å². The number of guanidine groups is 1. The molecule has 0 bridgehead atoms. The van der Waals surface area contributed by atoms with E-state index in [2.05, 4.69) is 41.3 Å². The van der Waals surface area contributed by atoms with Crippen molar-refractivity contribution in [2.75, 3.05) is 13.2 Å². The minimum absolute atomic E-state index is 0.0707. The largest absolute Gasteiger partial charge is 0.378 e. The van der Waals surface area contributed by atoms with Crippen molar-refractivity contribution in [1.29, 1.82) is 0 Å². The summed E-state index contributed by atoms with van der Waals surface area (Å²) in [5.41, 5.74) is 6.23. The van der Waals surface area contributed by atoms with E-state index >= 15 is 0 Å². The molecule has 20 heavy (non-hydrogen) atoms. The van der Waals surface area contributed by atoms with Gasteiger partial charge in [0, 0.05) is 11.5 Å². The zero-order chi connectivity index (χ0) is 14.2. The summed E-state index contributed by atoms with van der Waals surface area (Å²) in [6.07, 6.45) is 2.36. The number of hydrogen-bond acceptors (Lipinski definition) is 5. The number of nitrogens with zero attached hydrogens (tertiary/aromatic N) is 2. The lowest BCUT2D eigenvalue weighted by Crippen LogP contribution is -2.56. The molecule has 0 aromatic carbocycles. The predicted molar refractivity (Wildman–Crippen MR) is 82.9 cm³/mol. The molecule has 1 saturated heterocycles. The zero-order valence-electron chi connectivity index (χ0n) is 12.2. The molecule has 5 heteroatoms. The Bertz CT molecular complexity index is 485. The standard InChI is InChI=1S/C15H23N3OS/c1-11(2)13-8-15(5-6-19-13)10-17-14(16)18(15)9-12-4-3-7-20-12/h3-4,7,11,13H,5-6,8-10H2,1-2H3,(H2,16,17). The minimum atomic E-state index is 0.0707.